The molecule has 0 unspecified atom stereocenters. The van der Waals surface area contributed by atoms with Crippen LogP contribution in [-0.2, 0) is 0 Å². The van der Waals surface area contributed by atoms with E-state index in [0.717, 1.165) is 0 Å². The Morgan fingerprint density at radius 2 is 0.659 bits per heavy atom. The van der Waals surface area contributed by atoms with E-state index in [9.17, 15) is 0 Å². The summed E-state index contributed by atoms with van der Waals surface area (Å²) in [6.07, 6.45) is 0. The van der Waals surface area contributed by atoms with Gasteiger partial charge in [0, 0.05) is 0 Å². The molecule has 9 rings (SSSR count). The first-order chi connectivity index (χ1) is 21.8. The highest BCUT2D eigenvalue weighted by molar-refractivity contribution is 6.22. The van der Waals surface area contributed by atoms with Gasteiger partial charge in [0.15, 0.2) is 0 Å². The van der Waals surface area contributed by atoms with Crippen molar-refractivity contribution in [1.29, 1.82) is 0 Å². The molecule has 0 aliphatic carbocycles. The monoisotopic (exact) mass is 556 g/mol. The summed E-state index contributed by atoms with van der Waals surface area (Å²) in [5.41, 5.74) is 7.53. The summed E-state index contributed by atoms with van der Waals surface area (Å²) in [5, 5.41) is 12.8. The molecule has 0 atom stereocenters. The summed E-state index contributed by atoms with van der Waals surface area (Å²) in [6, 6.07) is 62.3. The minimum Gasteiger partial charge on any atom is -0.0616 e. The molecule has 9 aromatic carbocycles. The lowest BCUT2D eigenvalue weighted by Gasteiger charge is -2.19. The molecule has 0 fully saturated rings. The van der Waals surface area contributed by atoms with E-state index in [0.29, 0.717) is 0 Å². The van der Waals surface area contributed by atoms with E-state index in [-0.39, 0.29) is 0 Å². The van der Waals surface area contributed by atoms with Gasteiger partial charge in [-0.1, -0.05) is 158 Å². The van der Waals surface area contributed by atoms with Gasteiger partial charge in [-0.3, -0.25) is 0 Å². The van der Waals surface area contributed by atoms with Crippen LogP contribution >= 0.6 is 0 Å². The van der Waals surface area contributed by atoms with Gasteiger partial charge >= 0.3 is 0 Å². The van der Waals surface area contributed by atoms with E-state index in [4.69, 9.17) is 0 Å². The molecule has 0 spiro atoms. The highest BCUT2D eigenvalue weighted by atomic mass is 14.2. The molecule has 0 N–H and O–H groups in total. The number of benzene rings is 9. The molecule has 0 bridgehead atoms. The summed E-state index contributed by atoms with van der Waals surface area (Å²) in [7, 11) is 0. The van der Waals surface area contributed by atoms with Gasteiger partial charge < -0.3 is 0 Å². The average Bonchev–Trinajstić information content (AvgIpc) is 3.10. The van der Waals surface area contributed by atoms with Gasteiger partial charge in [0.05, 0.1) is 0 Å². The van der Waals surface area contributed by atoms with E-state index in [1.807, 2.05) is 0 Å². The van der Waals surface area contributed by atoms with Gasteiger partial charge in [0.25, 0.3) is 0 Å². The Morgan fingerprint density at radius 1 is 0.227 bits per heavy atom. The smallest absolute Gasteiger partial charge is 0.00201 e. The lowest BCUT2D eigenvalue weighted by Crippen LogP contribution is -1.92. The molecular formula is C44H28. The van der Waals surface area contributed by atoms with Crippen LogP contribution in [0.25, 0.3) is 87.2 Å². The van der Waals surface area contributed by atoms with Crippen molar-refractivity contribution < 1.29 is 0 Å². The first-order valence-electron chi connectivity index (χ1n) is 15.3. The van der Waals surface area contributed by atoms with Crippen molar-refractivity contribution in [2.24, 2.45) is 0 Å². The summed E-state index contributed by atoms with van der Waals surface area (Å²) >= 11 is 0. The zero-order valence-electron chi connectivity index (χ0n) is 24.2. The maximum absolute atomic E-state index is 2.35. The predicted octanol–water partition coefficient (Wildman–Crippen LogP) is 12.5. The summed E-state index contributed by atoms with van der Waals surface area (Å²) in [4.78, 5) is 0. The van der Waals surface area contributed by atoms with Crippen LogP contribution < -0.4 is 0 Å². The molecule has 0 aliphatic heterocycles. The first-order valence-corrected chi connectivity index (χ1v) is 15.3. The van der Waals surface area contributed by atoms with E-state index >= 15 is 0 Å². The summed E-state index contributed by atoms with van der Waals surface area (Å²) in [6.45, 7) is 0. The standard InChI is InChI=1S/C44H28/c1-2-12-32-27-34(26-21-29(32)11-1)44-41-20-10-8-17-38(41)37-16-7-9-19-40(37)43(44)31-24-22-30(23-25-31)42-28-33-13-3-4-14-35(33)36-15-5-6-18-39(36)42/h1-28H. The van der Waals surface area contributed by atoms with Crippen molar-refractivity contribution in [3.8, 4) is 33.4 Å². The lowest BCUT2D eigenvalue weighted by molar-refractivity contribution is 1.63. The van der Waals surface area contributed by atoms with E-state index < -0.39 is 0 Å². The third-order valence-corrected chi connectivity index (χ3v) is 9.22. The van der Waals surface area contributed by atoms with E-state index in [1.54, 1.807) is 0 Å². The largest absolute Gasteiger partial charge is 0.0616 e. The van der Waals surface area contributed by atoms with Gasteiger partial charge in [-0.15, -0.1) is 0 Å². The number of hydrogen-bond acceptors (Lipinski definition) is 0. The number of rotatable bonds is 3. The molecule has 0 aromatic heterocycles. The lowest BCUT2D eigenvalue weighted by atomic mass is 9.84. The molecule has 0 amide bonds. The quantitative estimate of drug-likeness (QED) is 0.190. The van der Waals surface area contributed by atoms with Crippen LogP contribution in [0.3, 0.4) is 0 Å². The fraction of sp³-hybridized carbons (Fsp3) is 0. The Kier molecular flexibility index (Phi) is 5.61. The Morgan fingerprint density at radius 3 is 1.32 bits per heavy atom. The topological polar surface area (TPSA) is 0 Å². The van der Waals surface area contributed by atoms with Crippen LogP contribution in [-0.4, -0.2) is 0 Å². The van der Waals surface area contributed by atoms with Crippen molar-refractivity contribution >= 4 is 53.9 Å². The van der Waals surface area contributed by atoms with Crippen LogP contribution in [0.2, 0.25) is 0 Å². The highest BCUT2D eigenvalue weighted by Gasteiger charge is 2.18. The molecule has 0 radical (unpaired) electrons. The maximum Gasteiger partial charge on any atom is -0.00201 e. The molecule has 204 valence electrons. The van der Waals surface area contributed by atoms with Crippen LogP contribution in [0, 0.1) is 0 Å². The third-order valence-electron chi connectivity index (χ3n) is 9.22. The van der Waals surface area contributed by atoms with Crippen LogP contribution in [0.1, 0.15) is 0 Å². The molecule has 0 aliphatic rings. The Balaban J connectivity index is 1.31. The zero-order chi connectivity index (χ0) is 29.0. The summed E-state index contributed by atoms with van der Waals surface area (Å²) in [5.74, 6) is 0. The van der Waals surface area contributed by atoms with Crippen molar-refractivity contribution in [2.45, 2.75) is 0 Å². The molecular weight excluding hydrogens is 528 g/mol. The molecule has 0 saturated carbocycles. The molecule has 44 heavy (non-hydrogen) atoms. The Labute approximate surface area is 256 Å². The number of hydrogen-bond donors (Lipinski definition) is 0. The molecule has 0 heteroatoms. The van der Waals surface area contributed by atoms with E-state index in [2.05, 4.69) is 170 Å². The summed E-state index contributed by atoms with van der Waals surface area (Å²) < 4.78 is 0. The van der Waals surface area contributed by atoms with Gasteiger partial charge in [0.2, 0.25) is 0 Å². The average molecular weight is 557 g/mol. The predicted molar refractivity (Wildman–Crippen MR) is 190 cm³/mol. The van der Waals surface area contributed by atoms with Crippen LogP contribution in [0.15, 0.2) is 170 Å². The molecule has 0 saturated heterocycles. The fourth-order valence-electron chi connectivity index (χ4n) is 7.20. The van der Waals surface area contributed by atoms with Crippen molar-refractivity contribution in [2.75, 3.05) is 0 Å². The molecule has 9 aromatic rings. The third kappa shape index (κ3) is 3.85. The van der Waals surface area contributed by atoms with Gasteiger partial charge in [-0.2, -0.15) is 0 Å². The fourth-order valence-corrected chi connectivity index (χ4v) is 7.20. The molecule has 0 nitrogen and oxygen atoms in total. The van der Waals surface area contributed by atoms with Gasteiger partial charge in [-0.25, -0.2) is 0 Å². The minimum atomic E-state index is 1.23. The van der Waals surface area contributed by atoms with E-state index in [1.165, 1.54) is 87.2 Å². The van der Waals surface area contributed by atoms with Crippen LogP contribution in [0.5, 0.6) is 0 Å². The van der Waals surface area contributed by atoms with Crippen LogP contribution in [0.4, 0.5) is 0 Å². The van der Waals surface area contributed by atoms with Crippen molar-refractivity contribution in [1.82, 2.24) is 0 Å². The van der Waals surface area contributed by atoms with Gasteiger partial charge in [0.1, 0.15) is 0 Å². The maximum atomic E-state index is 2.35. The Hall–Kier alpha value is -5.72. The second-order valence-electron chi connectivity index (χ2n) is 11.7. The highest BCUT2D eigenvalue weighted by Crippen LogP contribution is 2.45. The van der Waals surface area contributed by atoms with Gasteiger partial charge in [-0.05, 0) is 99.4 Å². The van der Waals surface area contributed by atoms with Crippen molar-refractivity contribution in [3.63, 3.8) is 0 Å². The number of fused-ring (bicyclic) bond motifs is 7. The molecule has 0 heterocycles. The Bertz CT molecular complexity index is 2530. The second kappa shape index (κ2) is 9.93. The van der Waals surface area contributed by atoms with Crippen molar-refractivity contribution in [3.05, 3.63) is 170 Å². The normalized spacial score (nSPS) is 11.6. The first kappa shape index (κ1) is 24.8. The SMILES string of the molecule is c1ccc2cc(-c3c(-c4ccc(-c5cc6ccccc6c6ccccc56)cc4)c4ccccc4c4ccccc34)ccc2c1. The zero-order valence-corrected chi connectivity index (χ0v) is 24.2. The minimum absolute atomic E-state index is 1.23. The second-order valence-corrected chi connectivity index (χ2v) is 11.7.